The first-order chi connectivity index (χ1) is 21.3. The normalized spacial score (nSPS) is 10.9. The maximum absolute atomic E-state index is 13.8. The van der Waals surface area contributed by atoms with Crippen molar-refractivity contribution < 1.29 is 32.5 Å². The van der Waals surface area contributed by atoms with E-state index in [2.05, 4.69) is 5.32 Å². The maximum atomic E-state index is 13.8. The van der Waals surface area contributed by atoms with Gasteiger partial charge in [-0.3, -0.25) is 9.59 Å². The summed E-state index contributed by atoms with van der Waals surface area (Å²) in [5, 5.41) is 2.64. The van der Waals surface area contributed by atoms with Gasteiger partial charge in [-0.25, -0.2) is 8.78 Å². The van der Waals surface area contributed by atoms with E-state index in [-0.39, 0.29) is 23.4 Å². The number of nitrogens with zero attached hydrogens (tertiary/aromatic N) is 1. The summed E-state index contributed by atoms with van der Waals surface area (Å²) in [6, 6.07) is 22.4. The third-order valence-corrected chi connectivity index (χ3v) is 6.55. The lowest BCUT2D eigenvalue weighted by Crippen LogP contribution is -2.24. The van der Waals surface area contributed by atoms with Crippen LogP contribution < -0.4 is 25.0 Å². The van der Waals surface area contributed by atoms with Crippen molar-refractivity contribution in [3.63, 3.8) is 0 Å². The van der Waals surface area contributed by atoms with Crippen LogP contribution in [0.4, 0.5) is 14.5 Å². The summed E-state index contributed by atoms with van der Waals surface area (Å²) in [5.74, 6) is -1.13. The second kappa shape index (κ2) is 13.8. The van der Waals surface area contributed by atoms with Crippen LogP contribution in [0.3, 0.4) is 0 Å². The summed E-state index contributed by atoms with van der Waals surface area (Å²) in [4.78, 5) is 27.0. The number of benzene rings is 4. The van der Waals surface area contributed by atoms with Crippen LogP contribution in [0.5, 0.6) is 17.2 Å². The number of pyridine rings is 1. The van der Waals surface area contributed by atoms with Crippen LogP contribution in [0.2, 0.25) is 0 Å². The Labute approximate surface area is 252 Å². The Morgan fingerprint density at radius 2 is 1.57 bits per heavy atom. The number of anilines is 1. The Hall–Kier alpha value is -5.22. The Bertz CT molecular complexity index is 1820. The number of carbonyl (C=O) groups is 1. The second-order valence-electron chi connectivity index (χ2n) is 9.87. The molecule has 5 rings (SSSR count). The molecular formula is C34H30F2N2O6. The first-order valence-corrected chi connectivity index (χ1v) is 13.9. The van der Waals surface area contributed by atoms with Crippen LogP contribution in [0.1, 0.15) is 29.3 Å². The number of carbonyl (C=O) groups excluding carboxylic acids is 1. The summed E-state index contributed by atoms with van der Waals surface area (Å²) in [6.45, 7) is 2.73. The number of nitrogens with one attached hydrogen (secondary N) is 1. The van der Waals surface area contributed by atoms with Crippen LogP contribution in [0.15, 0.2) is 95.9 Å². The highest BCUT2D eigenvalue weighted by molar-refractivity contribution is 6.06. The SMILES string of the molecule is CCCOc1cc(OCc2ccccc2)cc(-n2cc(C(=O)Nc3cc(F)cc(F)c3)c(=O)c3ccc(OCOC)cc32)c1. The van der Waals surface area contributed by atoms with Crippen molar-refractivity contribution in [1.29, 1.82) is 0 Å². The Morgan fingerprint density at radius 1 is 0.841 bits per heavy atom. The zero-order chi connectivity index (χ0) is 31.1. The minimum Gasteiger partial charge on any atom is -0.493 e. The molecule has 226 valence electrons. The topological polar surface area (TPSA) is 88.0 Å². The van der Waals surface area contributed by atoms with Gasteiger partial charge in [-0.15, -0.1) is 0 Å². The van der Waals surface area contributed by atoms with E-state index in [0.29, 0.717) is 47.7 Å². The van der Waals surface area contributed by atoms with Crippen molar-refractivity contribution >= 4 is 22.5 Å². The molecule has 0 saturated heterocycles. The van der Waals surface area contributed by atoms with E-state index in [1.165, 1.54) is 13.3 Å². The van der Waals surface area contributed by atoms with Gasteiger partial charge in [-0.2, -0.15) is 0 Å². The van der Waals surface area contributed by atoms with Crippen molar-refractivity contribution in [3.05, 3.63) is 124 Å². The van der Waals surface area contributed by atoms with E-state index in [1.54, 1.807) is 41.0 Å². The van der Waals surface area contributed by atoms with Gasteiger partial charge in [0.1, 0.15) is 41.1 Å². The fourth-order valence-corrected chi connectivity index (χ4v) is 4.54. The fraction of sp³-hybridized carbons (Fsp3) is 0.176. The summed E-state index contributed by atoms with van der Waals surface area (Å²) in [5.41, 5.74) is 0.964. The van der Waals surface area contributed by atoms with Crippen LogP contribution in [-0.2, 0) is 11.3 Å². The molecule has 5 aromatic rings. The van der Waals surface area contributed by atoms with Crippen molar-refractivity contribution in [3.8, 4) is 22.9 Å². The van der Waals surface area contributed by atoms with Crippen LogP contribution in [0.25, 0.3) is 16.6 Å². The summed E-state index contributed by atoms with van der Waals surface area (Å²) in [7, 11) is 1.49. The average Bonchev–Trinajstić information content (AvgIpc) is 3.01. The van der Waals surface area contributed by atoms with Gasteiger partial charge >= 0.3 is 0 Å². The fourth-order valence-electron chi connectivity index (χ4n) is 4.54. The summed E-state index contributed by atoms with van der Waals surface area (Å²) in [6.07, 6.45) is 2.15. The predicted octanol–water partition coefficient (Wildman–Crippen LogP) is 6.87. The van der Waals surface area contributed by atoms with Gasteiger partial charge in [0.15, 0.2) is 6.79 Å². The number of ether oxygens (including phenoxy) is 4. The highest BCUT2D eigenvalue weighted by Gasteiger charge is 2.19. The number of fused-ring (bicyclic) bond motifs is 1. The lowest BCUT2D eigenvalue weighted by atomic mass is 10.1. The van der Waals surface area contributed by atoms with Gasteiger partial charge in [-0.05, 0) is 36.2 Å². The molecule has 1 amide bonds. The third kappa shape index (κ3) is 7.22. The van der Waals surface area contributed by atoms with Gasteiger partial charge < -0.3 is 28.8 Å². The molecule has 4 aromatic carbocycles. The largest absolute Gasteiger partial charge is 0.493 e. The molecule has 0 bridgehead atoms. The molecular weight excluding hydrogens is 570 g/mol. The Morgan fingerprint density at radius 3 is 2.27 bits per heavy atom. The lowest BCUT2D eigenvalue weighted by Gasteiger charge is -2.18. The van der Waals surface area contributed by atoms with Crippen molar-refractivity contribution in [2.75, 3.05) is 25.8 Å². The molecule has 0 aliphatic rings. The van der Waals surface area contributed by atoms with Crippen molar-refractivity contribution in [2.45, 2.75) is 20.0 Å². The Balaban J connectivity index is 1.64. The number of methoxy groups -OCH3 is 1. The molecule has 1 N–H and O–H groups in total. The molecule has 0 unspecified atom stereocenters. The second-order valence-corrected chi connectivity index (χ2v) is 9.87. The molecule has 0 saturated carbocycles. The quantitative estimate of drug-likeness (QED) is 0.157. The number of halogens is 2. The van der Waals surface area contributed by atoms with Gasteiger partial charge in [-0.1, -0.05) is 37.3 Å². The molecule has 0 aliphatic carbocycles. The molecule has 0 spiro atoms. The number of aromatic nitrogens is 1. The van der Waals surface area contributed by atoms with E-state index >= 15 is 0 Å². The zero-order valence-corrected chi connectivity index (χ0v) is 24.1. The van der Waals surface area contributed by atoms with Crippen molar-refractivity contribution in [1.82, 2.24) is 4.57 Å². The first-order valence-electron chi connectivity index (χ1n) is 13.9. The first kappa shape index (κ1) is 30.2. The highest BCUT2D eigenvalue weighted by Crippen LogP contribution is 2.30. The minimum absolute atomic E-state index is 0.0156. The molecule has 44 heavy (non-hydrogen) atoms. The Kier molecular flexibility index (Phi) is 9.51. The number of amides is 1. The van der Waals surface area contributed by atoms with E-state index in [9.17, 15) is 18.4 Å². The minimum atomic E-state index is -0.869. The lowest BCUT2D eigenvalue weighted by molar-refractivity contribution is 0.0512. The molecule has 0 atom stereocenters. The van der Waals surface area contributed by atoms with Crippen LogP contribution in [-0.4, -0.2) is 31.0 Å². The van der Waals surface area contributed by atoms with Crippen molar-refractivity contribution in [2.24, 2.45) is 0 Å². The average molecular weight is 601 g/mol. The highest BCUT2D eigenvalue weighted by atomic mass is 19.1. The van der Waals surface area contributed by atoms with E-state index in [0.717, 1.165) is 24.1 Å². The standard InChI is InChI=1S/C34H30F2N2O6/c1-3-11-42-28-15-26(16-29(17-28)43-20-22-7-5-4-6-8-22)38-19-31(34(40)37-25-13-23(35)12-24(36)14-25)33(39)30-10-9-27(18-32(30)38)44-21-41-2/h4-10,12-19H,3,11,20-21H2,1-2H3,(H,37,40). The molecule has 1 aromatic heterocycles. The zero-order valence-electron chi connectivity index (χ0n) is 24.1. The van der Waals surface area contributed by atoms with E-state index in [1.807, 2.05) is 37.3 Å². The molecule has 10 heteroatoms. The summed E-state index contributed by atoms with van der Waals surface area (Å²) < 4.78 is 52.0. The van der Waals surface area contributed by atoms with E-state index < -0.39 is 23.0 Å². The van der Waals surface area contributed by atoms with E-state index in [4.69, 9.17) is 18.9 Å². The number of hydrogen-bond acceptors (Lipinski definition) is 6. The number of hydrogen-bond donors (Lipinski definition) is 1. The predicted molar refractivity (Wildman–Crippen MR) is 163 cm³/mol. The molecule has 0 radical (unpaired) electrons. The summed E-state index contributed by atoms with van der Waals surface area (Å²) >= 11 is 0. The van der Waals surface area contributed by atoms with Crippen LogP contribution >= 0.6 is 0 Å². The monoisotopic (exact) mass is 600 g/mol. The van der Waals surface area contributed by atoms with Gasteiger partial charge in [0, 0.05) is 54.7 Å². The molecule has 8 nitrogen and oxygen atoms in total. The van der Waals surface area contributed by atoms with Crippen LogP contribution in [0, 0.1) is 11.6 Å². The number of rotatable bonds is 12. The smallest absolute Gasteiger partial charge is 0.261 e. The third-order valence-electron chi connectivity index (χ3n) is 6.55. The molecule has 0 aliphatic heterocycles. The molecule has 1 heterocycles. The molecule has 0 fully saturated rings. The van der Waals surface area contributed by atoms with Gasteiger partial charge in [0.05, 0.1) is 17.8 Å². The maximum Gasteiger partial charge on any atom is 0.261 e. The van der Waals surface area contributed by atoms with Gasteiger partial charge in [0.25, 0.3) is 5.91 Å². The van der Waals surface area contributed by atoms with Gasteiger partial charge in [0.2, 0.25) is 5.43 Å².